The van der Waals surface area contributed by atoms with Gasteiger partial charge in [-0.3, -0.25) is 14.9 Å². The molecule has 1 aromatic rings. The molecule has 0 spiro atoms. The fourth-order valence-electron chi connectivity index (χ4n) is 1.44. The fourth-order valence-corrected chi connectivity index (χ4v) is 1.44. The van der Waals surface area contributed by atoms with Gasteiger partial charge >= 0.3 is 11.7 Å². The quantitative estimate of drug-likeness (QED) is 0.445. The van der Waals surface area contributed by atoms with E-state index < -0.39 is 17.0 Å². The van der Waals surface area contributed by atoms with Crippen molar-refractivity contribution in [1.82, 2.24) is 0 Å². The maximum absolute atomic E-state index is 11.1. The van der Waals surface area contributed by atoms with Gasteiger partial charge in [0, 0.05) is 0 Å². The van der Waals surface area contributed by atoms with E-state index in [-0.39, 0.29) is 17.9 Å². The predicted octanol–water partition coefficient (Wildman–Crippen LogP) is 1.93. The lowest BCUT2D eigenvalue weighted by molar-refractivity contribution is -0.386. The second kappa shape index (κ2) is 6.58. The minimum Gasteiger partial charge on any atom is -0.496 e. The Morgan fingerprint density at radius 1 is 1.42 bits per heavy atom. The number of benzene rings is 1. The monoisotopic (exact) mass is 269 g/mol. The Labute approximate surface area is 110 Å². The highest BCUT2D eigenvalue weighted by Gasteiger charge is 2.20. The summed E-state index contributed by atoms with van der Waals surface area (Å²) in [6.07, 6.45) is -0.515. The van der Waals surface area contributed by atoms with Gasteiger partial charge in [-0.2, -0.15) is 0 Å². The zero-order chi connectivity index (χ0) is 14.4. The van der Waals surface area contributed by atoms with Gasteiger partial charge in [-0.1, -0.05) is 0 Å². The van der Waals surface area contributed by atoms with Crippen molar-refractivity contribution in [1.29, 1.82) is 0 Å². The SMILES string of the molecule is COC(=O)CC(C)Oc1ccc(OC)cc1[N+](=O)[O-]. The molecule has 7 heteroatoms. The summed E-state index contributed by atoms with van der Waals surface area (Å²) in [5.41, 5.74) is -0.212. The number of ether oxygens (including phenoxy) is 3. The van der Waals surface area contributed by atoms with Gasteiger partial charge in [0.2, 0.25) is 0 Å². The highest BCUT2D eigenvalue weighted by atomic mass is 16.6. The highest BCUT2D eigenvalue weighted by Crippen LogP contribution is 2.31. The molecule has 104 valence electrons. The summed E-state index contributed by atoms with van der Waals surface area (Å²) in [6.45, 7) is 1.63. The predicted molar refractivity (Wildman–Crippen MR) is 66.4 cm³/mol. The molecular weight excluding hydrogens is 254 g/mol. The van der Waals surface area contributed by atoms with Crippen molar-refractivity contribution >= 4 is 11.7 Å². The number of hydrogen-bond donors (Lipinski definition) is 0. The molecule has 0 heterocycles. The number of hydrogen-bond acceptors (Lipinski definition) is 6. The fraction of sp³-hybridized carbons (Fsp3) is 0.417. The Morgan fingerprint density at radius 2 is 2.11 bits per heavy atom. The normalized spacial score (nSPS) is 11.5. The molecule has 0 aliphatic heterocycles. The first-order valence-electron chi connectivity index (χ1n) is 5.53. The van der Waals surface area contributed by atoms with Crippen LogP contribution >= 0.6 is 0 Å². The first-order chi connectivity index (χ1) is 8.97. The van der Waals surface area contributed by atoms with Crippen LogP contribution in [0.3, 0.4) is 0 Å². The van der Waals surface area contributed by atoms with Crippen LogP contribution < -0.4 is 9.47 Å². The summed E-state index contributed by atoms with van der Waals surface area (Å²) >= 11 is 0. The van der Waals surface area contributed by atoms with Crippen molar-refractivity contribution in [2.75, 3.05) is 14.2 Å². The molecule has 7 nitrogen and oxygen atoms in total. The van der Waals surface area contributed by atoms with E-state index in [9.17, 15) is 14.9 Å². The zero-order valence-corrected chi connectivity index (χ0v) is 10.9. The number of rotatable bonds is 6. The second-order valence-electron chi connectivity index (χ2n) is 3.80. The van der Waals surface area contributed by atoms with E-state index in [1.165, 1.54) is 26.4 Å². The molecule has 0 saturated carbocycles. The molecule has 1 aromatic carbocycles. The zero-order valence-electron chi connectivity index (χ0n) is 10.9. The van der Waals surface area contributed by atoms with E-state index in [1.807, 2.05) is 0 Å². The topological polar surface area (TPSA) is 87.9 Å². The number of nitrogens with zero attached hydrogens (tertiary/aromatic N) is 1. The van der Waals surface area contributed by atoms with Crippen LogP contribution in [-0.4, -0.2) is 31.2 Å². The molecule has 0 aliphatic carbocycles. The van der Waals surface area contributed by atoms with E-state index in [2.05, 4.69) is 4.74 Å². The Kier molecular flexibility index (Phi) is 5.11. The van der Waals surface area contributed by atoms with Crippen molar-refractivity contribution in [3.8, 4) is 11.5 Å². The Hall–Kier alpha value is -2.31. The molecule has 0 aromatic heterocycles. The van der Waals surface area contributed by atoms with E-state index >= 15 is 0 Å². The van der Waals surface area contributed by atoms with E-state index in [0.29, 0.717) is 5.75 Å². The molecule has 0 aliphatic rings. The van der Waals surface area contributed by atoms with Gasteiger partial charge in [-0.15, -0.1) is 0 Å². The van der Waals surface area contributed by atoms with Crippen molar-refractivity contribution in [2.24, 2.45) is 0 Å². The summed E-state index contributed by atoms with van der Waals surface area (Å²) in [6, 6.07) is 4.25. The molecule has 0 radical (unpaired) electrons. The van der Waals surface area contributed by atoms with Crippen LogP contribution in [0.2, 0.25) is 0 Å². The van der Waals surface area contributed by atoms with Gasteiger partial charge in [0.25, 0.3) is 0 Å². The van der Waals surface area contributed by atoms with Crippen LogP contribution in [0.4, 0.5) is 5.69 Å². The Balaban J connectivity index is 2.88. The summed E-state index contributed by atoms with van der Waals surface area (Å²) < 4.78 is 14.8. The average molecular weight is 269 g/mol. The molecule has 0 amide bonds. The van der Waals surface area contributed by atoms with Crippen LogP contribution in [0.5, 0.6) is 11.5 Å². The minimum atomic E-state index is -0.567. The van der Waals surface area contributed by atoms with Crippen molar-refractivity contribution in [2.45, 2.75) is 19.4 Å². The number of carbonyl (C=O) groups excluding carboxylic acids is 1. The van der Waals surface area contributed by atoms with Crippen LogP contribution in [0.1, 0.15) is 13.3 Å². The molecule has 1 unspecified atom stereocenters. The number of esters is 1. The third kappa shape index (κ3) is 4.13. The van der Waals surface area contributed by atoms with Gasteiger partial charge in [0.1, 0.15) is 11.9 Å². The van der Waals surface area contributed by atoms with Crippen molar-refractivity contribution in [3.63, 3.8) is 0 Å². The van der Waals surface area contributed by atoms with E-state index in [1.54, 1.807) is 13.0 Å². The molecular formula is C12H15NO6. The van der Waals surface area contributed by atoms with E-state index in [0.717, 1.165) is 0 Å². The molecule has 1 rings (SSSR count). The molecule has 0 saturated heterocycles. The van der Waals surface area contributed by atoms with Crippen LogP contribution in [0, 0.1) is 10.1 Å². The second-order valence-corrected chi connectivity index (χ2v) is 3.80. The molecule has 0 fully saturated rings. The minimum absolute atomic E-state index is 0.0136. The van der Waals surface area contributed by atoms with Gasteiger partial charge in [-0.25, -0.2) is 0 Å². The van der Waals surface area contributed by atoms with Gasteiger partial charge < -0.3 is 14.2 Å². The largest absolute Gasteiger partial charge is 0.496 e. The lowest BCUT2D eigenvalue weighted by Crippen LogP contribution is -2.18. The molecule has 0 N–H and O–H groups in total. The van der Waals surface area contributed by atoms with Crippen LogP contribution in [0.15, 0.2) is 18.2 Å². The van der Waals surface area contributed by atoms with Gasteiger partial charge in [0.15, 0.2) is 5.75 Å². The van der Waals surface area contributed by atoms with Gasteiger partial charge in [0.05, 0.1) is 31.6 Å². The lowest BCUT2D eigenvalue weighted by Gasteiger charge is -2.13. The molecule has 0 bridgehead atoms. The molecule has 1 atom stereocenters. The third-order valence-corrected chi connectivity index (χ3v) is 2.37. The maximum Gasteiger partial charge on any atom is 0.314 e. The van der Waals surface area contributed by atoms with Crippen molar-refractivity contribution in [3.05, 3.63) is 28.3 Å². The third-order valence-electron chi connectivity index (χ3n) is 2.37. The number of nitro benzene ring substituents is 1. The van der Waals surface area contributed by atoms with Crippen molar-refractivity contribution < 1.29 is 23.9 Å². The Morgan fingerprint density at radius 3 is 2.63 bits per heavy atom. The standard InChI is InChI=1S/C12H15NO6/c1-8(6-12(14)18-3)19-11-5-4-9(17-2)7-10(11)13(15)16/h4-5,7-8H,6H2,1-3H3. The first kappa shape index (κ1) is 14.7. The van der Waals surface area contributed by atoms with E-state index in [4.69, 9.17) is 9.47 Å². The smallest absolute Gasteiger partial charge is 0.314 e. The number of carbonyl (C=O) groups is 1. The number of nitro groups is 1. The summed E-state index contributed by atoms with van der Waals surface area (Å²) in [4.78, 5) is 21.4. The van der Waals surface area contributed by atoms with Gasteiger partial charge in [-0.05, 0) is 19.1 Å². The maximum atomic E-state index is 11.1. The highest BCUT2D eigenvalue weighted by molar-refractivity contribution is 5.69. The first-order valence-corrected chi connectivity index (χ1v) is 5.53. The Bertz CT molecular complexity index is 473. The average Bonchev–Trinajstić information content (AvgIpc) is 2.38. The molecule has 19 heavy (non-hydrogen) atoms. The van der Waals surface area contributed by atoms with Crippen LogP contribution in [0.25, 0.3) is 0 Å². The summed E-state index contributed by atoms with van der Waals surface area (Å²) in [5, 5.41) is 10.9. The number of methoxy groups -OCH3 is 2. The van der Waals surface area contributed by atoms with Crippen LogP contribution in [-0.2, 0) is 9.53 Å². The summed E-state index contributed by atoms with van der Waals surface area (Å²) in [7, 11) is 2.68. The summed E-state index contributed by atoms with van der Waals surface area (Å²) in [5.74, 6) is 0.00513. The lowest BCUT2D eigenvalue weighted by atomic mass is 10.2.